The average Bonchev–Trinajstić information content (AvgIpc) is 2.72. The molecule has 0 unspecified atom stereocenters. The number of anilines is 2. The standard InChI is InChI=1S/C21H28N4O2/c1-3-24(19-6-4-5-17(2)15-19)10-9-22-20-8-7-18(16-23-20)21(26)25-11-13-27-14-12-25/h4-8,15-16H,3,9-14H2,1-2H3,(H,22,23). The Kier molecular flexibility index (Phi) is 6.65. The second-order valence-electron chi connectivity index (χ2n) is 6.68. The number of benzene rings is 1. The first-order valence-electron chi connectivity index (χ1n) is 9.56. The van der Waals surface area contributed by atoms with Crippen LogP contribution in [0.15, 0.2) is 42.6 Å². The van der Waals surface area contributed by atoms with Crippen LogP contribution in [0.5, 0.6) is 0 Å². The summed E-state index contributed by atoms with van der Waals surface area (Å²) in [5.74, 6) is 0.808. The number of aromatic nitrogens is 1. The molecule has 1 aliphatic rings. The number of nitrogens with zero attached hydrogens (tertiary/aromatic N) is 3. The summed E-state index contributed by atoms with van der Waals surface area (Å²) in [6.07, 6.45) is 1.65. The molecule has 27 heavy (non-hydrogen) atoms. The molecule has 3 rings (SSSR count). The topological polar surface area (TPSA) is 57.7 Å². The number of nitrogens with one attached hydrogen (secondary N) is 1. The maximum Gasteiger partial charge on any atom is 0.255 e. The first-order valence-corrected chi connectivity index (χ1v) is 9.56. The van der Waals surface area contributed by atoms with E-state index in [1.165, 1.54) is 11.3 Å². The molecule has 1 N–H and O–H groups in total. The quantitative estimate of drug-likeness (QED) is 0.814. The van der Waals surface area contributed by atoms with E-state index in [1.54, 1.807) is 6.20 Å². The molecule has 6 nitrogen and oxygen atoms in total. The number of ether oxygens (including phenoxy) is 1. The van der Waals surface area contributed by atoms with Crippen molar-refractivity contribution in [1.29, 1.82) is 0 Å². The number of rotatable bonds is 7. The van der Waals surface area contributed by atoms with E-state index < -0.39 is 0 Å². The lowest BCUT2D eigenvalue weighted by Gasteiger charge is -2.26. The van der Waals surface area contributed by atoms with Crippen molar-refractivity contribution in [2.24, 2.45) is 0 Å². The van der Waals surface area contributed by atoms with Gasteiger partial charge >= 0.3 is 0 Å². The minimum absolute atomic E-state index is 0.0222. The molecule has 0 saturated carbocycles. The zero-order chi connectivity index (χ0) is 19.1. The first-order chi connectivity index (χ1) is 13.2. The molecule has 0 atom stereocenters. The number of hydrogen-bond donors (Lipinski definition) is 1. The normalized spacial score (nSPS) is 14.1. The maximum atomic E-state index is 12.4. The molecule has 1 amide bonds. The maximum absolute atomic E-state index is 12.4. The van der Waals surface area contributed by atoms with Gasteiger partial charge in [-0.2, -0.15) is 0 Å². The van der Waals surface area contributed by atoms with E-state index in [-0.39, 0.29) is 5.91 Å². The van der Waals surface area contributed by atoms with E-state index in [9.17, 15) is 4.79 Å². The lowest BCUT2D eigenvalue weighted by Crippen LogP contribution is -2.40. The third-order valence-electron chi connectivity index (χ3n) is 4.75. The SMILES string of the molecule is CCN(CCNc1ccc(C(=O)N2CCOCC2)cn1)c1cccc(C)c1. The van der Waals surface area contributed by atoms with Crippen LogP contribution in [0.2, 0.25) is 0 Å². The number of amides is 1. The predicted molar refractivity (Wildman–Crippen MR) is 109 cm³/mol. The zero-order valence-electron chi connectivity index (χ0n) is 16.1. The van der Waals surface area contributed by atoms with E-state index in [0.29, 0.717) is 31.9 Å². The van der Waals surface area contributed by atoms with Gasteiger partial charge in [0, 0.05) is 44.6 Å². The fraction of sp³-hybridized carbons (Fsp3) is 0.429. The van der Waals surface area contributed by atoms with E-state index in [4.69, 9.17) is 4.74 Å². The smallest absolute Gasteiger partial charge is 0.255 e. The second-order valence-corrected chi connectivity index (χ2v) is 6.68. The molecule has 0 bridgehead atoms. The molecular weight excluding hydrogens is 340 g/mol. The van der Waals surface area contributed by atoms with Crippen LogP contribution in [0.4, 0.5) is 11.5 Å². The van der Waals surface area contributed by atoms with Gasteiger partial charge in [-0.15, -0.1) is 0 Å². The van der Waals surface area contributed by atoms with Gasteiger partial charge in [-0.3, -0.25) is 4.79 Å². The van der Waals surface area contributed by atoms with Crippen LogP contribution in [0.25, 0.3) is 0 Å². The Morgan fingerprint density at radius 2 is 2.07 bits per heavy atom. The largest absolute Gasteiger partial charge is 0.378 e. The highest BCUT2D eigenvalue weighted by atomic mass is 16.5. The van der Waals surface area contributed by atoms with Crippen LogP contribution < -0.4 is 10.2 Å². The molecular formula is C21H28N4O2. The number of likely N-dealkylation sites (N-methyl/N-ethyl adjacent to an activating group) is 1. The van der Waals surface area contributed by atoms with Gasteiger partial charge in [0.25, 0.3) is 5.91 Å². The Labute approximate surface area is 161 Å². The van der Waals surface area contributed by atoms with Gasteiger partial charge in [-0.1, -0.05) is 12.1 Å². The molecule has 1 aromatic carbocycles. The second kappa shape index (κ2) is 9.37. The van der Waals surface area contributed by atoms with Crippen LogP contribution >= 0.6 is 0 Å². The molecule has 6 heteroatoms. The van der Waals surface area contributed by atoms with Crippen molar-refractivity contribution in [2.45, 2.75) is 13.8 Å². The van der Waals surface area contributed by atoms with Crippen molar-refractivity contribution in [2.75, 3.05) is 56.2 Å². The third kappa shape index (κ3) is 5.20. The molecule has 2 heterocycles. The van der Waals surface area contributed by atoms with Gasteiger partial charge in [-0.25, -0.2) is 4.98 Å². The monoisotopic (exact) mass is 368 g/mol. The number of carbonyl (C=O) groups is 1. The summed E-state index contributed by atoms with van der Waals surface area (Å²) >= 11 is 0. The Hall–Kier alpha value is -2.60. The minimum Gasteiger partial charge on any atom is -0.378 e. The first kappa shape index (κ1) is 19.2. The summed E-state index contributed by atoms with van der Waals surface area (Å²) in [5.41, 5.74) is 3.12. The van der Waals surface area contributed by atoms with Crippen LogP contribution in [-0.2, 0) is 4.74 Å². The number of aryl methyl sites for hydroxylation is 1. The fourth-order valence-electron chi connectivity index (χ4n) is 3.19. The molecule has 0 radical (unpaired) electrons. The molecule has 2 aromatic rings. The molecule has 144 valence electrons. The van der Waals surface area contributed by atoms with Crippen molar-refractivity contribution in [3.8, 4) is 0 Å². The third-order valence-corrected chi connectivity index (χ3v) is 4.75. The molecule has 1 aliphatic heterocycles. The molecule has 0 spiro atoms. The van der Waals surface area contributed by atoms with Gasteiger partial charge in [0.2, 0.25) is 0 Å². The minimum atomic E-state index is 0.0222. The Morgan fingerprint density at radius 1 is 1.26 bits per heavy atom. The highest BCUT2D eigenvalue weighted by Gasteiger charge is 2.18. The Morgan fingerprint density at radius 3 is 2.74 bits per heavy atom. The van der Waals surface area contributed by atoms with Crippen molar-refractivity contribution in [3.63, 3.8) is 0 Å². The fourth-order valence-corrected chi connectivity index (χ4v) is 3.19. The van der Waals surface area contributed by atoms with E-state index in [1.807, 2.05) is 17.0 Å². The molecule has 1 saturated heterocycles. The van der Waals surface area contributed by atoms with Gasteiger partial charge < -0.3 is 19.9 Å². The van der Waals surface area contributed by atoms with Crippen LogP contribution in [0.1, 0.15) is 22.8 Å². The summed E-state index contributed by atoms with van der Waals surface area (Å²) < 4.78 is 5.29. The van der Waals surface area contributed by atoms with Crippen molar-refractivity contribution in [1.82, 2.24) is 9.88 Å². The van der Waals surface area contributed by atoms with E-state index in [2.05, 4.69) is 53.3 Å². The van der Waals surface area contributed by atoms with Crippen molar-refractivity contribution >= 4 is 17.4 Å². The average molecular weight is 368 g/mol. The predicted octanol–water partition coefficient (Wildman–Crippen LogP) is 2.80. The summed E-state index contributed by atoms with van der Waals surface area (Å²) in [6.45, 7) is 9.38. The highest BCUT2D eigenvalue weighted by Crippen LogP contribution is 2.15. The summed E-state index contributed by atoms with van der Waals surface area (Å²) in [4.78, 5) is 21.0. The van der Waals surface area contributed by atoms with Gasteiger partial charge in [-0.05, 0) is 43.7 Å². The van der Waals surface area contributed by atoms with Gasteiger partial charge in [0.1, 0.15) is 5.82 Å². The number of morpholine rings is 1. The lowest BCUT2D eigenvalue weighted by atomic mass is 10.2. The molecule has 0 aliphatic carbocycles. The lowest BCUT2D eigenvalue weighted by molar-refractivity contribution is 0.0302. The number of hydrogen-bond acceptors (Lipinski definition) is 5. The summed E-state index contributed by atoms with van der Waals surface area (Å²) in [7, 11) is 0. The molecule has 1 aromatic heterocycles. The van der Waals surface area contributed by atoms with Crippen LogP contribution in [0, 0.1) is 6.92 Å². The van der Waals surface area contributed by atoms with Crippen LogP contribution in [-0.4, -0.2) is 61.7 Å². The van der Waals surface area contributed by atoms with Gasteiger partial charge in [0.05, 0.1) is 18.8 Å². The highest BCUT2D eigenvalue weighted by molar-refractivity contribution is 5.94. The molecule has 1 fully saturated rings. The van der Waals surface area contributed by atoms with Crippen LogP contribution in [0.3, 0.4) is 0 Å². The summed E-state index contributed by atoms with van der Waals surface area (Å²) in [5, 5.41) is 3.34. The van der Waals surface area contributed by atoms with Crippen molar-refractivity contribution < 1.29 is 9.53 Å². The number of carbonyl (C=O) groups excluding carboxylic acids is 1. The summed E-state index contributed by atoms with van der Waals surface area (Å²) in [6, 6.07) is 12.3. The zero-order valence-corrected chi connectivity index (χ0v) is 16.1. The van der Waals surface area contributed by atoms with E-state index >= 15 is 0 Å². The number of pyridine rings is 1. The van der Waals surface area contributed by atoms with E-state index in [0.717, 1.165) is 25.5 Å². The Bertz CT molecular complexity index is 742. The van der Waals surface area contributed by atoms with Gasteiger partial charge in [0.15, 0.2) is 0 Å². The Balaban J connectivity index is 1.51. The van der Waals surface area contributed by atoms with Crippen molar-refractivity contribution in [3.05, 3.63) is 53.7 Å².